The molecule has 0 fully saturated rings. The van der Waals surface area contributed by atoms with Gasteiger partial charge in [0.15, 0.2) is 0 Å². The highest BCUT2D eigenvalue weighted by atomic mass is 32.2. The number of rotatable bonds is 4. The number of Topliss-reactive ketones (excluding diaryl/α,β-unsaturated/α-hetero) is 1. The summed E-state index contributed by atoms with van der Waals surface area (Å²) in [6.45, 7) is 1.19. The maximum Gasteiger partial charge on any atom is 0.264 e. The van der Waals surface area contributed by atoms with Crippen LogP contribution in [0.1, 0.15) is 18.9 Å². The van der Waals surface area contributed by atoms with Gasteiger partial charge in [-0.3, -0.25) is 9.59 Å². The fourth-order valence-electron chi connectivity index (χ4n) is 1.18. The number of carbonyl (C=O) groups is 2. The summed E-state index contributed by atoms with van der Waals surface area (Å²) in [5.41, 5.74) is 0.309. The first kappa shape index (κ1) is 13.9. The molecule has 1 aromatic rings. The van der Waals surface area contributed by atoms with Crippen LogP contribution in [0.25, 0.3) is 0 Å². The van der Waals surface area contributed by atoms with Crippen molar-refractivity contribution in [3.05, 3.63) is 29.8 Å². The van der Waals surface area contributed by atoms with Crippen LogP contribution in [0.3, 0.4) is 0 Å². The zero-order chi connectivity index (χ0) is 13.8. The van der Waals surface area contributed by atoms with E-state index in [0.717, 1.165) is 0 Å². The molecule has 0 atom stereocenters. The first-order valence-corrected chi connectivity index (χ1v) is 6.39. The highest BCUT2D eigenvalue weighted by Crippen LogP contribution is 2.10. The number of hydrogen-bond acceptors (Lipinski definition) is 5. The van der Waals surface area contributed by atoms with Crippen LogP contribution in [0.4, 0.5) is 0 Å². The third-order valence-electron chi connectivity index (χ3n) is 1.95. The van der Waals surface area contributed by atoms with Crippen molar-refractivity contribution in [2.45, 2.75) is 18.2 Å². The fourth-order valence-corrected chi connectivity index (χ4v) is 2.16. The van der Waals surface area contributed by atoms with Crippen molar-refractivity contribution in [3.63, 3.8) is 0 Å². The molecule has 0 saturated carbocycles. The van der Waals surface area contributed by atoms with Crippen molar-refractivity contribution in [3.8, 4) is 6.07 Å². The molecule has 0 aliphatic rings. The van der Waals surface area contributed by atoms with Crippen LogP contribution in [-0.2, 0) is 19.6 Å². The fraction of sp³-hybridized carbons (Fsp3) is 0.182. The first-order valence-electron chi connectivity index (χ1n) is 4.90. The van der Waals surface area contributed by atoms with Gasteiger partial charge in [0.05, 0.1) is 22.9 Å². The van der Waals surface area contributed by atoms with E-state index in [4.69, 9.17) is 5.26 Å². The van der Waals surface area contributed by atoms with E-state index in [9.17, 15) is 18.0 Å². The Balaban J connectivity index is 2.90. The number of amides is 1. The molecule has 0 radical (unpaired) electrons. The molecule has 0 aliphatic carbocycles. The Morgan fingerprint density at radius 1 is 1.28 bits per heavy atom. The summed E-state index contributed by atoms with van der Waals surface area (Å²) in [6, 6.07) is 6.91. The first-order chi connectivity index (χ1) is 8.35. The summed E-state index contributed by atoms with van der Waals surface area (Å²) >= 11 is 0. The van der Waals surface area contributed by atoms with Crippen LogP contribution in [0.15, 0.2) is 29.2 Å². The lowest BCUT2D eigenvalue weighted by molar-refractivity contribution is -0.126. The van der Waals surface area contributed by atoms with Crippen molar-refractivity contribution in [1.82, 2.24) is 4.72 Å². The van der Waals surface area contributed by atoms with Crippen LogP contribution < -0.4 is 4.72 Å². The minimum absolute atomic E-state index is 0.140. The van der Waals surface area contributed by atoms with Crippen LogP contribution in [0, 0.1) is 11.3 Å². The van der Waals surface area contributed by atoms with E-state index in [0.29, 0.717) is 5.56 Å². The molecule has 94 valence electrons. The summed E-state index contributed by atoms with van der Waals surface area (Å²) in [6.07, 6.45) is -0.491. The molecular weight excluding hydrogens is 256 g/mol. The maximum absolute atomic E-state index is 11.7. The molecule has 1 aromatic carbocycles. The number of ketones is 1. The van der Waals surface area contributed by atoms with Crippen molar-refractivity contribution >= 4 is 21.7 Å². The minimum Gasteiger partial charge on any atom is -0.299 e. The van der Waals surface area contributed by atoms with Crippen molar-refractivity contribution in [2.24, 2.45) is 0 Å². The second-order valence-electron chi connectivity index (χ2n) is 3.54. The number of sulfonamides is 1. The zero-order valence-corrected chi connectivity index (χ0v) is 10.3. The van der Waals surface area contributed by atoms with E-state index in [-0.39, 0.29) is 4.90 Å². The van der Waals surface area contributed by atoms with E-state index < -0.39 is 28.1 Å². The molecule has 18 heavy (non-hydrogen) atoms. The summed E-state index contributed by atoms with van der Waals surface area (Å²) in [4.78, 5) is 21.7. The van der Waals surface area contributed by atoms with Gasteiger partial charge in [0.2, 0.25) is 5.91 Å². The topological polar surface area (TPSA) is 104 Å². The van der Waals surface area contributed by atoms with Gasteiger partial charge >= 0.3 is 0 Å². The molecule has 0 unspecified atom stereocenters. The van der Waals surface area contributed by atoms with E-state index >= 15 is 0 Å². The Kier molecular flexibility index (Phi) is 4.18. The molecule has 0 bridgehead atoms. The lowest BCUT2D eigenvalue weighted by atomic mass is 10.2. The Labute approximate surface area is 104 Å². The molecule has 6 nitrogen and oxygen atoms in total. The Bertz CT molecular complexity index is 611. The summed E-state index contributed by atoms with van der Waals surface area (Å²) in [5.74, 6) is -1.31. The van der Waals surface area contributed by atoms with Crippen LogP contribution in [0.2, 0.25) is 0 Å². The standard InChI is InChI=1S/C11H10N2O4S/c1-8(14)6-11(15)13-18(16,17)10-4-2-9(7-12)3-5-10/h2-5H,6H2,1H3,(H,13,15). The van der Waals surface area contributed by atoms with E-state index in [1.165, 1.54) is 31.2 Å². The monoisotopic (exact) mass is 266 g/mol. The lowest BCUT2D eigenvalue weighted by Gasteiger charge is -2.05. The molecule has 0 spiro atoms. The minimum atomic E-state index is -3.99. The third kappa shape index (κ3) is 3.68. The number of nitriles is 1. The van der Waals surface area contributed by atoms with E-state index in [1.807, 2.05) is 6.07 Å². The maximum atomic E-state index is 11.7. The Hall–Kier alpha value is -2.20. The van der Waals surface area contributed by atoms with Crippen molar-refractivity contribution in [2.75, 3.05) is 0 Å². The normalized spacial score (nSPS) is 10.4. The zero-order valence-electron chi connectivity index (χ0n) is 9.50. The number of carbonyl (C=O) groups excluding carboxylic acids is 2. The van der Waals surface area contributed by atoms with Gasteiger partial charge < -0.3 is 0 Å². The highest BCUT2D eigenvalue weighted by molar-refractivity contribution is 7.90. The number of benzene rings is 1. The summed E-state index contributed by atoms with van der Waals surface area (Å²) in [7, 11) is -3.99. The van der Waals surface area contributed by atoms with Gasteiger partial charge in [0, 0.05) is 0 Å². The number of nitrogens with one attached hydrogen (secondary N) is 1. The molecule has 7 heteroatoms. The van der Waals surface area contributed by atoms with Gasteiger partial charge in [-0.2, -0.15) is 5.26 Å². The van der Waals surface area contributed by atoms with Crippen LogP contribution >= 0.6 is 0 Å². The second-order valence-corrected chi connectivity index (χ2v) is 5.23. The van der Waals surface area contributed by atoms with E-state index in [1.54, 1.807) is 4.72 Å². The molecule has 1 N–H and O–H groups in total. The molecule has 1 rings (SSSR count). The third-order valence-corrected chi connectivity index (χ3v) is 3.34. The quantitative estimate of drug-likeness (QED) is 0.791. The van der Waals surface area contributed by atoms with Crippen LogP contribution in [-0.4, -0.2) is 20.1 Å². The van der Waals surface area contributed by atoms with Gasteiger partial charge in [-0.1, -0.05) is 0 Å². The van der Waals surface area contributed by atoms with Crippen LogP contribution in [0.5, 0.6) is 0 Å². The molecule has 1 amide bonds. The summed E-state index contributed by atoms with van der Waals surface area (Å²) in [5, 5.41) is 8.57. The SMILES string of the molecule is CC(=O)CC(=O)NS(=O)(=O)c1ccc(C#N)cc1. The molecule has 0 aliphatic heterocycles. The van der Waals surface area contributed by atoms with Gasteiger partial charge in [-0.15, -0.1) is 0 Å². The largest absolute Gasteiger partial charge is 0.299 e. The average molecular weight is 266 g/mol. The number of hydrogen-bond donors (Lipinski definition) is 1. The van der Waals surface area contributed by atoms with Crippen molar-refractivity contribution < 1.29 is 18.0 Å². The Morgan fingerprint density at radius 3 is 2.28 bits per heavy atom. The number of nitrogens with zero attached hydrogens (tertiary/aromatic N) is 1. The molecule has 0 saturated heterocycles. The van der Waals surface area contributed by atoms with E-state index in [2.05, 4.69) is 0 Å². The van der Waals surface area contributed by atoms with Gasteiger partial charge in [-0.25, -0.2) is 13.1 Å². The molecular formula is C11H10N2O4S. The van der Waals surface area contributed by atoms with Gasteiger partial charge in [0.1, 0.15) is 5.78 Å². The van der Waals surface area contributed by atoms with Gasteiger partial charge in [-0.05, 0) is 31.2 Å². The molecule has 0 aromatic heterocycles. The average Bonchev–Trinajstić information content (AvgIpc) is 2.27. The lowest BCUT2D eigenvalue weighted by Crippen LogP contribution is -2.31. The highest BCUT2D eigenvalue weighted by Gasteiger charge is 2.18. The Morgan fingerprint density at radius 2 is 1.83 bits per heavy atom. The second kappa shape index (κ2) is 5.42. The predicted molar refractivity (Wildman–Crippen MR) is 61.8 cm³/mol. The van der Waals surface area contributed by atoms with Crippen molar-refractivity contribution in [1.29, 1.82) is 5.26 Å². The predicted octanol–water partition coefficient (Wildman–Crippen LogP) is 0.342. The summed E-state index contributed by atoms with van der Waals surface area (Å²) < 4.78 is 25.2. The smallest absolute Gasteiger partial charge is 0.264 e. The molecule has 0 heterocycles. The van der Waals surface area contributed by atoms with Gasteiger partial charge in [0.25, 0.3) is 10.0 Å².